The van der Waals surface area contributed by atoms with Crippen molar-refractivity contribution in [3.63, 3.8) is 0 Å². The maximum atomic E-state index is 13.7. The van der Waals surface area contributed by atoms with E-state index in [0.29, 0.717) is 24.4 Å². The summed E-state index contributed by atoms with van der Waals surface area (Å²) in [6, 6.07) is 6.67. The fourth-order valence-electron chi connectivity index (χ4n) is 2.71. The van der Waals surface area contributed by atoms with Crippen LogP contribution in [-0.2, 0) is 16.0 Å². The van der Waals surface area contributed by atoms with Crippen LogP contribution in [0.25, 0.3) is 0 Å². The predicted octanol–water partition coefficient (Wildman–Crippen LogP) is 4.84. The van der Waals surface area contributed by atoms with Gasteiger partial charge in [0.1, 0.15) is 5.56 Å². The molecular formula is C21H15F5N2O5S. The lowest BCUT2D eigenvalue weighted by Gasteiger charge is -2.15. The zero-order valence-electron chi connectivity index (χ0n) is 17.4. The normalized spacial score (nSPS) is 11.7. The maximum Gasteiger partial charge on any atom is 0.417 e. The molecule has 0 saturated heterocycles. The number of hydrogen-bond acceptors (Lipinski definition) is 6. The molecule has 1 heterocycles. The van der Waals surface area contributed by atoms with Crippen LogP contribution in [0.3, 0.4) is 0 Å². The summed E-state index contributed by atoms with van der Waals surface area (Å²) in [6.07, 6.45) is -3.54. The number of rotatable bonds is 6. The predicted molar refractivity (Wildman–Crippen MR) is 110 cm³/mol. The lowest BCUT2D eigenvalue weighted by atomic mass is 10.1. The number of sulfone groups is 1. The number of alkyl halides is 3. The highest BCUT2D eigenvalue weighted by molar-refractivity contribution is 7.90. The lowest BCUT2D eigenvalue weighted by molar-refractivity contribution is -0.137. The first-order valence-electron chi connectivity index (χ1n) is 9.19. The molecular weight excluding hydrogens is 487 g/mol. The van der Waals surface area contributed by atoms with Crippen molar-refractivity contribution in [2.75, 3.05) is 18.7 Å². The van der Waals surface area contributed by atoms with Crippen molar-refractivity contribution < 1.29 is 44.6 Å². The molecule has 0 spiro atoms. The number of carbonyl (C=O) groups excluding carboxylic acids is 1. The average Bonchev–Trinajstić information content (AvgIpc) is 2.75. The van der Waals surface area contributed by atoms with Crippen LogP contribution >= 0.6 is 0 Å². The van der Waals surface area contributed by atoms with Crippen LogP contribution in [0.15, 0.2) is 53.6 Å². The Hall–Kier alpha value is -3.74. The SMILES string of the molecule is COc1cc(F)c(F)cc1Oc1ncc(C(F)(F)F)cc1C(=O)Nc1cccc(S(C)(=O)=O)c1. The second kappa shape index (κ2) is 9.25. The van der Waals surface area contributed by atoms with Gasteiger partial charge in [-0.1, -0.05) is 6.07 Å². The van der Waals surface area contributed by atoms with Gasteiger partial charge in [-0.3, -0.25) is 4.79 Å². The van der Waals surface area contributed by atoms with Gasteiger partial charge in [-0.05, 0) is 24.3 Å². The van der Waals surface area contributed by atoms with Crippen molar-refractivity contribution in [1.82, 2.24) is 4.98 Å². The summed E-state index contributed by atoms with van der Waals surface area (Å²) in [5.74, 6) is -5.19. The smallest absolute Gasteiger partial charge is 0.417 e. The topological polar surface area (TPSA) is 94.6 Å². The molecule has 13 heteroatoms. The van der Waals surface area contributed by atoms with Gasteiger partial charge in [-0.2, -0.15) is 13.2 Å². The Morgan fingerprint density at radius 2 is 1.68 bits per heavy atom. The van der Waals surface area contributed by atoms with Crippen molar-refractivity contribution in [1.29, 1.82) is 0 Å². The molecule has 0 unspecified atom stereocenters. The molecule has 34 heavy (non-hydrogen) atoms. The second-order valence-electron chi connectivity index (χ2n) is 6.85. The summed E-state index contributed by atoms with van der Waals surface area (Å²) >= 11 is 0. The highest BCUT2D eigenvalue weighted by Crippen LogP contribution is 2.36. The number of amides is 1. The molecule has 0 aliphatic heterocycles. The van der Waals surface area contributed by atoms with E-state index in [1.54, 1.807) is 0 Å². The van der Waals surface area contributed by atoms with Gasteiger partial charge >= 0.3 is 6.18 Å². The minimum atomic E-state index is -4.86. The van der Waals surface area contributed by atoms with Crippen molar-refractivity contribution in [3.8, 4) is 17.4 Å². The van der Waals surface area contributed by atoms with Gasteiger partial charge < -0.3 is 14.8 Å². The van der Waals surface area contributed by atoms with E-state index in [9.17, 15) is 35.2 Å². The minimum Gasteiger partial charge on any atom is -0.493 e. The number of benzene rings is 2. The van der Waals surface area contributed by atoms with Crippen LogP contribution in [0.1, 0.15) is 15.9 Å². The standard InChI is InChI=1S/C21H15F5N2O5S/c1-32-17-8-15(22)16(23)9-18(17)33-20-14(6-11(10-27-20)21(24,25)26)19(29)28-12-4-3-5-13(7-12)34(2,30)31/h3-10H,1-2H3,(H,28,29). The molecule has 3 aromatic rings. The number of methoxy groups -OCH3 is 1. The van der Waals surface area contributed by atoms with E-state index in [1.165, 1.54) is 18.2 Å². The Bertz CT molecular complexity index is 1360. The first-order chi connectivity index (χ1) is 15.8. The van der Waals surface area contributed by atoms with Crippen LogP contribution < -0.4 is 14.8 Å². The number of aromatic nitrogens is 1. The molecule has 0 atom stereocenters. The first-order valence-corrected chi connectivity index (χ1v) is 11.1. The van der Waals surface area contributed by atoms with E-state index < -0.39 is 56.3 Å². The van der Waals surface area contributed by atoms with E-state index in [-0.39, 0.29) is 16.3 Å². The van der Waals surface area contributed by atoms with E-state index >= 15 is 0 Å². The number of pyridine rings is 1. The largest absolute Gasteiger partial charge is 0.493 e. The summed E-state index contributed by atoms with van der Waals surface area (Å²) in [5.41, 5.74) is -2.04. The lowest BCUT2D eigenvalue weighted by Crippen LogP contribution is -2.16. The fraction of sp³-hybridized carbons (Fsp3) is 0.143. The first kappa shape index (κ1) is 24.9. The van der Waals surface area contributed by atoms with Gasteiger partial charge in [0.25, 0.3) is 5.91 Å². The summed E-state index contributed by atoms with van der Waals surface area (Å²) < 4.78 is 100. The second-order valence-corrected chi connectivity index (χ2v) is 8.86. The molecule has 1 amide bonds. The molecule has 0 bridgehead atoms. The Morgan fingerprint density at radius 3 is 2.26 bits per heavy atom. The molecule has 1 aromatic heterocycles. The number of anilines is 1. The molecule has 2 aromatic carbocycles. The quantitative estimate of drug-likeness (QED) is 0.485. The Morgan fingerprint density at radius 1 is 1.03 bits per heavy atom. The molecule has 0 aliphatic carbocycles. The van der Waals surface area contributed by atoms with Crippen molar-refractivity contribution >= 4 is 21.4 Å². The number of carbonyl (C=O) groups is 1. The molecule has 0 saturated carbocycles. The van der Waals surface area contributed by atoms with Gasteiger partial charge in [-0.15, -0.1) is 0 Å². The minimum absolute atomic E-state index is 0.0401. The number of hydrogen-bond donors (Lipinski definition) is 1. The number of nitrogens with zero attached hydrogens (tertiary/aromatic N) is 1. The summed E-state index contributed by atoms with van der Waals surface area (Å²) in [4.78, 5) is 16.2. The van der Waals surface area contributed by atoms with Crippen LogP contribution in [0, 0.1) is 11.6 Å². The highest BCUT2D eigenvalue weighted by Gasteiger charge is 2.33. The Labute approximate surface area is 190 Å². The van der Waals surface area contributed by atoms with Gasteiger partial charge in [-0.25, -0.2) is 22.2 Å². The third-order valence-corrected chi connectivity index (χ3v) is 5.47. The molecule has 0 aliphatic rings. The third-order valence-electron chi connectivity index (χ3n) is 4.36. The van der Waals surface area contributed by atoms with Gasteiger partial charge in [0.05, 0.1) is 17.6 Å². The summed E-state index contributed by atoms with van der Waals surface area (Å²) in [7, 11) is -2.52. The van der Waals surface area contributed by atoms with Gasteiger partial charge in [0.15, 0.2) is 33.0 Å². The highest BCUT2D eigenvalue weighted by atomic mass is 32.2. The maximum absolute atomic E-state index is 13.7. The van der Waals surface area contributed by atoms with E-state index in [0.717, 1.165) is 19.4 Å². The van der Waals surface area contributed by atoms with Crippen LogP contribution in [0.2, 0.25) is 0 Å². The summed E-state index contributed by atoms with van der Waals surface area (Å²) in [5, 5.41) is 2.27. The Kier molecular flexibility index (Phi) is 6.77. The monoisotopic (exact) mass is 502 g/mol. The molecule has 0 radical (unpaired) electrons. The number of ether oxygens (including phenoxy) is 2. The average molecular weight is 502 g/mol. The van der Waals surface area contributed by atoms with E-state index in [2.05, 4.69) is 10.3 Å². The van der Waals surface area contributed by atoms with Gasteiger partial charge in [0.2, 0.25) is 5.88 Å². The third kappa shape index (κ3) is 5.60. The van der Waals surface area contributed by atoms with Crippen LogP contribution in [-0.4, -0.2) is 32.7 Å². The molecule has 7 nitrogen and oxygen atoms in total. The van der Waals surface area contributed by atoms with Crippen LogP contribution in [0.4, 0.5) is 27.6 Å². The Balaban J connectivity index is 2.05. The fourth-order valence-corrected chi connectivity index (χ4v) is 3.37. The zero-order chi connectivity index (χ0) is 25.3. The van der Waals surface area contributed by atoms with Crippen molar-refractivity contribution in [3.05, 3.63) is 71.4 Å². The van der Waals surface area contributed by atoms with E-state index in [4.69, 9.17) is 9.47 Å². The molecule has 3 rings (SSSR count). The van der Waals surface area contributed by atoms with E-state index in [1.807, 2.05) is 0 Å². The van der Waals surface area contributed by atoms with Crippen LogP contribution in [0.5, 0.6) is 17.4 Å². The molecule has 0 fully saturated rings. The zero-order valence-corrected chi connectivity index (χ0v) is 18.2. The number of halogens is 5. The number of nitrogens with one attached hydrogen (secondary N) is 1. The molecule has 180 valence electrons. The molecule has 1 N–H and O–H groups in total. The van der Waals surface area contributed by atoms with Crippen molar-refractivity contribution in [2.24, 2.45) is 0 Å². The summed E-state index contributed by atoms with van der Waals surface area (Å²) in [6.45, 7) is 0. The van der Waals surface area contributed by atoms with Gasteiger partial charge in [0, 0.05) is 30.3 Å². The van der Waals surface area contributed by atoms with Crippen molar-refractivity contribution in [2.45, 2.75) is 11.1 Å².